The minimum absolute atomic E-state index is 0.0332. The minimum atomic E-state index is -0.303. The molecule has 0 atom stereocenters. The summed E-state index contributed by atoms with van der Waals surface area (Å²) in [6.45, 7) is 2.24. The Morgan fingerprint density at radius 2 is 1.65 bits per heavy atom. The average Bonchev–Trinajstić information content (AvgIpc) is 3.66. The molecule has 0 radical (unpaired) electrons. The van der Waals surface area contributed by atoms with Gasteiger partial charge in [-0.15, -0.1) is 0 Å². The van der Waals surface area contributed by atoms with E-state index in [1.54, 1.807) is 0 Å². The molecule has 0 aromatic heterocycles. The second-order valence-corrected chi connectivity index (χ2v) is 8.82. The summed E-state index contributed by atoms with van der Waals surface area (Å²) in [6, 6.07) is 15.5. The van der Waals surface area contributed by atoms with Crippen LogP contribution in [0.1, 0.15) is 49.7 Å². The lowest BCUT2D eigenvalue weighted by Gasteiger charge is -2.15. The number of hydrogen-bond acceptors (Lipinski definition) is 5. The van der Waals surface area contributed by atoms with Gasteiger partial charge in [-0.05, 0) is 74.5 Å². The van der Waals surface area contributed by atoms with Crippen LogP contribution in [0.4, 0.5) is 11.4 Å². The predicted octanol–water partition coefficient (Wildman–Crippen LogP) is 4.50. The van der Waals surface area contributed by atoms with Gasteiger partial charge in [0.25, 0.3) is 0 Å². The third-order valence-electron chi connectivity index (χ3n) is 5.54. The molecule has 1 fully saturated rings. The standard InChI is InChI=1S/C26H31N3O4S/c1-18-21(27-25(32)20-15-16-20)11-5-12-22(18)28-26(34)29-23(30)13-6-14-24(31)33-17-7-10-19-8-3-2-4-9-19/h2-5,8-9,11-12,20H,6-7,10,13-17H2,1H3,(H,27,32)(H2,28,29,30,34). The minimum Gasteiger partial charge on any atom is -0.466 e. The van der Waals surface area contributed by atoms with E-state index >= 15 is 0 Å². The van der Waals surface area contributed by atoms with Gasteiger partial charge in [-0.25, -0.2) is 0 Å². The molecule has 3 rings (SSSR count). The van der Waals surface area contributed by atoms with Gasteiger partial charge in [-0.1, -0.05) is 36.4 Å². The van der Waals surface area contributed by atoms with Gasteiger partial charge in [0.2, 0.25) is 11.8 Å². The van der Waals surface area contributed by atoms with Gasteiger partial charge in [0.15, 0.2) is 5.11 Å². The highest BCUT2D eigenvalue weighted by Crippen LogP contribution is 2.31. The van der Waals surface area contributed by atoms with Crippen molar-refractivity contribution in [3.05, 3.63) is 59.7 Å². The van der Waals surface area contributed by atoms with Crippen LogP contribution >= 0.6 is 12.2 Å². The van der Waals surface area contributed by atoms with E-state index in [9.17, 15) is 14.4 Å². The molecule has 0 unspecified atom stereocenters. The summed E-state index contributed by atoms with van der Waals surface area (Å²) in [5, 5.41) is 8.74. The van der Waals surface area contributed by atoms with Crippen molar-refractivity contribution in [3.63, 3.8) is 0 Å². The topological polar surface area (TPSA) is 96.5 Å². The Balaban J connectivity index is 1.31. The fourth-order valence-electron chi connectivity index (χ4n) is 3.40. The SMILES string of the molecule is Cc1c(NC(=O)C2CC2)cccc1NC(=S)NC(=O)CCCC(=O)OCCCc1ccccc1. The molecule has 34 heavy (non-hydrogen) atoms. The summed E-state index contributed by atoms with van der Waals surface area (Å²) < 4.78 is 5.24. The van der Waals surface area contributed by atoms with Crippen molar-refractivity contribution in [1.82, 2.24) is 5.32 Å². The number of aryl methyl sites for hydroxylation is 1. The lowest BCUT2D eigenvalue weighted by atomic mass is 10.1. The van der Waals surface area contributed by atoms with Gasteiger partial charge < -0.3 is 20.7 Å². The molecular formula is C26H31N3O4S. The number of nitrogens with one attached hydrogen (secondary N) is 3. The van der Waals surface area contributed by atoms with E-state index < -0.39 is 0 Å². The molecular weight excluding hydrogens is 450 g/mol. The zero-order valence-electron chi connectivity index (χ0n) is 19.4. The fraction of sp³-hybridized carbons (Fsp3) is 0.385. The molecule has 3 N–H and O–H groups in total. The molecule has 2 aromatic rings. The Morgan fingerprint density at radius 3 is 2.35 bits per heavy atom. The Morgan fingerprint density at radius 1 is 0.941 bits per heavy atom. The number of carbonyl (C=O) groups is 3. The molecule has 7 nitrogen and oxygen atoms in total. The number of anilines is 2. The summed E-state index contributed by atoms with van der Waals surface area (Å²) >= 11 is 5.25. The molecule has 0 spiro atoms. The number of ether oxygens (including phenoxy) is 1. The van der Waals surface area contributed by atoms with E-state index in [1.165, 1.54) is 5.56 Å². The Bertz CT molecular complexity index is 1020. The molecule has 0 saturated heterocycles. The monoisotopic (exact) mass is 481 g/mol. The van der Waals surface area contributed by atoms with Gasteiger partial charge in [-0.2, -0.15) is 0 Å². The van der Waals surface area contributed by atoms with Crippen LogP contribution in [-0.4, -0.2) is 29.5 Å². The van der Waals surface area contributed by atoms with E-state index in [0.29, 0.717) is 18.7 Å². The Hall–Kier alpha value is -3.26. The molecule has 0 aliphatic heterocycles. The second kappa shape index (κ2) is 12.8. The van der Waals surface area contributed by atoms with Gasteiger partial charge in [-0.3, -0.25) is 14.4 Å². The second-order valence-electron chi connectivity index (χ2n) is 8.41. The Labute approximate surface area is 205 Å². The van der Waals surface area contributed by atoms with Gasteiger partial charge in [0, 0.05) is 30.1 Å². The maximum atomic E-state index is 12.2. The maximum Gasteiger partial charge on any atom is 0.305 e. The molecule has 1 aliphatic rings. The molecule has 8 heteroatoms. The van der Waals surface area contributed by atoms with Gasteiger partial charge in [0.05, 0.1) is 6.61 Å². The van der Waals surface area contributed by atoms with Crippen LogP contribution in [0.2, 0.25) is 0 Å². The number of rotatable bonds is 11. The smallest absolute Gasteiger partial charge is 0.305 e. The summed E-state index contributed by atoms with van der Waals surface area (Å²) in [6.07, 6.45) is 4.22. The van der Waals surface area contributed by atoms with Crippen LogP contribution < -0.4 is 16.0 Å². The van der Waals surface area contributed by atoms with E-state index in [1.807, 2.05) is 55.5 Å². The van der Waals surface area contributed by atoms with Crippen LogP contribution in [0, 0.1) is 12.8 Å². The number of hydrogen-bond donors (Lipinski definition) is 3. The molecule has 2 aromatic carbocycles. The van der Waals surface area contributed by atoms with Crippen molar-refractivity contribution in [2.24, 2.45) is 5.92 Å². The zero-order chi connectivity index (χ0) is 24.3. The molecule has 0 bridgehead atoms. The van der Waals surface area contributed by atoms with Crippen molar-refractivity contribution in [2.75, 3.05) is 17.2 Å². The van der Waals surface area contributed by atoms with Crippen molar-refractivity contribution >= 4 is 46.5 Å². The summed E-state index contributed by atoms with van der Waals surface area (Å²) in [5.74, 6) is -0.429. The molecule has 2 amide bonds. The van der Waals surface area contributed by atoms with E-state index in [-0.39, 0.29) is 41.7 Å². The normalized spacial score (nSPS) is 12.5. The lowest BCUT2D eigenvalue weighted by molar-refractivity contribution is -0.143. The third-order valence-corrected chi connectivity index (χ3v) is 5.75. The first-order chi connectivity index (χ1) is 16.4. The molecule has 0 heterocycles. The number of thiocarbonyl (C=S) groups is 1. The largest absolute Gasteiger partial charge is 0.466 e. The van der Waals surface area contributed by atoms with Crippen LogP contribution in [0.5, 0.6) is 0 Å². The number of esters is 1. The predicted molar refractivity (Wildman–Crippen MR) is 136 cm³/mol. The molecule has 180 valence electrons. The van der Waals surface area contributed by atoms with E-state index in [4.69, 9.17) is 17.0 Å². The van der Waals surface area contributed by atoms with Gasteiger partial charge in [0.1, 0.15) is 0 Å². The number of benzene rings is 2. The lowest BCUT2D eigenvalue weighted by Crippen LogP contribution is -2.34. The number of carbonyl (C=O) groups excluding carboxylic acids is 3. The first kappa shape index (κ1) is 25.4. The summed E-state index contributed by atoms with van der Waals surface area (Å²) in [7, 11) is 0. The highest BCUT2D eigenvalue weighted by atomic mass is 32.1. The fourth-order valence-corrected chi connectivity index (χ4v) is 3.63. The van der Waals surface area contributed by atoms with E-state index in [0.717, 1.165) is 36.9 Å². The first-order valence-electron chi connectivity index (χ1n) is 11.6. The van der Waals surface area contributed by atoms with Crippen molar-refractivity contribution in [2.45, 2.75) is 51.9 Å². The van der Waals surface area contributed by atoms with Crippen molar-refractivity contribution < 1.29 is 19.1 Å². The zero-order valence-corrected chi connectivity index (χ0v) is 20.2. The number of amides is 2. The van der Waals surface area contributed by atoms with Crippen LogP contribution in [0.25, 0.3) is 0 Å². The van der Waals surface area contributed by atoms with E-state index in [2.05, 4.69) is 16.0 Å². The first-order valence-corrected chi connectivity index (χ1v) is 12.0. The molecule has 1 saturated carbocycles. The van der Waals surface area contributed by atoms with Crippen LogP contribution in [0.3, 0.4) is 0 Å². The van der Waals surface area contributed by atoms with Gasteiger partial charge >= 0.3 is 5.97 Å². The molecule has 1 aliphatic carbocycles. The maximum absolute atomic E-state index is 12.2. The van der Waals surface area contributed by atoms with Crippen molar-refractivity contribution in [3.8, 4) is 0 Å². The van der Waals surface area contributed by atoms with Crippen molar-refractivity contribution in [1.29, 1.82) is 0 Å². The summed E-state index contributed by atoms with van der Waals surface area (Å²) in [5.41, 5.74) is 3.48. The highest BCUT2D eigenvalue weighted by molar-refractivity contribution is 7.80. The summed E-state index contributed by atoms with van der Waals surface area (Å²) in [4.78, 5) is 36.1. The van der Waals surface area contributed by atoms with Crippen LogP contribution in [-0.2, 0) is 25.5 Å². The quantitative estimate of drug-likeness (QED) is 0.248. The average molecular weight is 482 g/mol. The Kier molecular flexibility index (Phi) is 9.58. The van der Waals surface area contributed by atoms with Crippen LogP contribution in [0.15, 0.2) is 48.5 Å². The highest BCUT2D eigenvalue weighted by Gasteiger charge is 2.29. The third kappa shape index (κ3) is 8.59.